The number of anilines is 2. The zero-order chi connectivity index (χ0) is 14.0. The lowest BCUT2D eigenvalue weighted by Gasteiger charge is -2.23. The van der Waals surface area contributed by atoms with Gasteiger partial charge in [0.15, 0.2) is 5.82 Å². The second-order valence-corrected chi connectivity index (χ2v) is 4.96. The van der Waals surface area contributed by atoms with E-state index in [-0.39, 0.29) is 11.0 Å². The highest BCUT2D eigenvalue weighted by atomic mass is 35.5. The first kappa shape index (κ1) is 14.4. The summed E-state index contributed by atoms with van der Waals surface area (Å²) in [4.78, 5) is 6.00. The van der Waals surface area contributed by atoms with Crippen LogP contribution in [0.5, 0.6) is 0 Å². The van der Waals surface area contributed by atoms with E-state index in [0.717, 1.165) is 5.69 Å². The average Bonchev–Trinajstić information content (AvgIpc) is 2.38. The van der Waals surface area contributed by atoms with E-state index in [0.29, 0.717) is 22.4 Å². The summed E-state index contributed by atoms with van der Waals surface area (Å²) in [6.45, 7) is 2.54. The maximum Gasteiger partial charge on any atom is 0.153 e. The third-order valence-corrected chi connectivity index (χ3v) is 3.53. The van der Waals surface area contributed by atoms with E-state index in [1.165, 1.54) is 12.1 Å². The van der Waals surface area contributed by atoms with Crippen molar-refractivity contribution >= 4 is 46.3 Å². The molecule has 0 saturated heterocycles. The quantitative estimate of drug-likeness (QED) is 0.710. The summed E-state index contributed by atoms with van der Waals surface area (Å²) < 4.78 is 13.0. The van der Waals surface area contributed by atoms with Crippen LogP contribution in [0.15, 0.2) is 30.3 Å². The van der Waals surface area contributed by atoms with Gasteiger partial charge >= 0.3 is 0 Å². The topological polar surface area (TPSA) is 16.1 Å². The minimum atomic E-state index is -0.298. The molecule has 100 valence electrons. The van der Waals surface area contributed by atoms with Gasteiger partial charge in [-0.05, 0) is 37.3 Å². The van der Waals surface area contributed by atoms with Crippen molar-refractivity contribution in [2.75, 3.05) is 11.4 Å². The zero-order valence-electron chi connectivity index (χ0n) is 10.0. The molecule has 19 heavy (non-hydrogen) atoms. The van der Waals surface area contributed by atoms with Gasteiger partial charge in [0, 0.05) is 12.2 Å². The summed E-state index contributed by atoms with van der Waals surface area (Å²) in [6, 6.07) is 7.60. The molecule has 0 spiro atoms. The van der Waals surface area contributed by atoms with Crippen LogP contribution >= 0.6 is 34.8 Å². The molecule has 0 N–H and O–H groups in total. The van der Waals surface area contributed by atoms with Gasteiger partial charge in [0.1, 0.15) is 11.0 Å². The molecule has 0 aliphatic heterocycles. The summed E-state index contributed by atoms with van der Waals surface area (Å²) in [5.41, 5.74) is 0.775. The van der Waals surface area contributed by atoms with Gasteiger partial charge in [0.05, 0.1) is 10.0 Å². The van der Waals surface area contributed by atoms with Gasteiger partial charge in [0.2, 0.25) is 0 Å². The van der Waals surface area contributed by atoms with Crippen molar-refractivity contribution in [3.63, 3.8) is 0 Å². The number of benzene rings is 1. The molecule has 0 fully saturated rings. The molecule has 2 aromatic rings. The summed E-state index contributed by atoms with van der Waals surface area (Å²) in [6.07, 6.45) is 0. The minimum Gasteiger partial charge on any atom is -0.325 e. The fourth-order valence-corrected chi connectivity index (χ4v) is 2.30. The SMILES string of the molecule is CCN(c1ccc(F)cc1)c1nc(Cl)c(Cl)cc1Cl. The highest BCUT2D eigenvalue weighted by Gasteiger charge is 2.15. The van der Waals surface area contributed by atoms with Crippen LogP contribution in [0.25, 0.3) is 0 Å². The van der Waals surface area contributed by atoms with Crippen LogP contribution < -0.4 is 4.90 Å². The Balaban J connectivity index is 2.47. The first-order valence-corrected chi connectivity index (χ1v) is 6.71. The summed E-state index contributed by atoms with van der Waals surface area (Å²) in [7, 11) is 0. The van der Waals surface area contributed by atoms with Gasteiger partial charge in [0.25, 0.3) is 0 Å². The number of pyridine rings is 1. The lowest BCUT2D eigenvalue weighted by Crippen LogP contribution is -2.18. The van der Waals surface area contributed by atoms with Crippen molar-refractivity contribution in [3.8, 4) is 0 Å². The van der Waals surface area contributed by atoms with E-state index in [1.807, 2.05) is 11.8 Å². The van der Waals surface area contributed by atoms with Gasteiger partial charge in [-0.1, -0.05) is 34.8 Å². The van der Waals surface area contributed by atoms with E-state index in [4.69, 9.17) is 34.8 Å². The molecule has 1 heterocycles. The van der Waals surface area contributed by atoms with Crippen molar-refractivity contribution in [3.05, 3.63) is 51.3 Å². The maximum atomic E-state index is 13.0. The van der Waals surface area contributed by atoms with Gasteiger partial charge < -0.3 is 4.90 Å². The van der Waals surface area contributed by atoms with Gasteiger partial charge in [-0.3, -0.25) is 0 Å². The number of rotatable bonds is 3. The van der Waals surface area contributed by atoms with Gasteiger partial charge in [-0.2, -0.15) is 0 Å². The lowest BCUT2D eigenvalue weighted by atomic mass is 10.2. The molecule has 0 bridgehead atoms. The Morgan fingerprint density at radius 3 is 2.32 bits per heavy atom. The molecule has 2 rings (SSSR count). The molecule has 6 heteroatoms. The Labute approximate surface area is 125 Å². The van der Waals surface area contributed by atoms with Crippen LogP contribution in [0.2, 0.25) is 15.2 Å². The van der Waals surface area contributed by atoms with Crippen LogP contribution in [0.4, 0.5) is 15.9 Å². The maximum absolute atomic E-state index is 13.0. The van der Waals surface area contributed by atoms with E-state index < -0.39 is 0 Å². The first-order valence-electron chi connectivity index (χ1n) is 5.57. The Morgan fingerprint density at radius 2 is 1.74 bits per heavy atom. The molecule has 0 unspecified atom stereocenters. The number of aromatic nitrogens is 1. The van der Waals surface area contributed by atoms with Crippen LogP contribution in [0, 0.1) is 5.82 Å². The molecule has 0 saturated carbocycles. The summed E-state index contributed by atoms with van der Waals surface area (Å²) in [5, 5.41) is 0.868. The summed E-state index contributed by atoms with van der Waals surface area (Å²) >= 11 is 17.9. The lowest BCUT2D eigenvalue weighted by molar-refractivity contribution is 0.628. The number of halogens is 4. The van der Waals surface area contributed by atoms with E-state index in [2.05, 4.69) is 4.98 Å². The Morgan fingerprint density at radius 1 is 1.11 bits per heavy atom. The first-order chi connectivity index (χ1) is 9.02. The molecule has 2 nitrogen and oxygen atoms in total. The average molecular weight is 320 g/mol. The van der Waals surface area contributed by atoms with Crippen molar-refractivity contribution in [2.45, 2.75) is 6.92 Å². The Kier molecular flexibility index (Phi) is 4.50. The van der Waals surface area contributed by atoms with Crippen molar-refractivity contribution in [2.24, 2.45) is 0 Å². The third kappa shape index (κ3) is 3.11. The molecule has 1 aromatic carbocycles. The monoisotopic (exact) mass is 318 g/mol. The highest BCUT2D eigenvalue weighted by Crippen LogP contribution is 2.34. The van der Waals surface area contributed by atoms with Gasteiger partial charge in [-0.15, -0.1) is 0 Å². The van der Waals surface area contributed by atoms with Crippen molar-refractivity contribution in [1.82, 2.24) is 4.98 Å². The van der Waals surface area contributed by atoms with Crippen molar-refractivity contribution < 1.29 is 4.39 Å². The number of hydrogen-bond acceptors (Lipinski definition) is 2. The van der Waals surface area contributed by atoms with E-state index >= 15 is 0 Å². The highest BCUT2D eigenvalue weighted by molar-refractivity contribution is 6.43. The zero-order valence-corrected chi connectivity index (χ0v) is 12.3. The standard InChI is InChI=1S/C13H10Cl3FN2/c1-2-19(9-5-3-8(17)4-6-9)13-11(15)7-10(14)12(16)18-13/h3-7H,2H2,1H3. The largest absolute Gasteiger partial charge is 0.325 e. The minimum absolute atomic E-state index is 0.182. The molecule has 0 aliphatic rings. The van der Waals surface area contributed by atoms with Crippen LogP contribution in [-0.2, 0) is 0 Å². The van der Waals surface area contributed by atoms with E-state index in [1.54, 1.807) is 18.2 Å². The number of hydrogen-bond donors (Lipinski definition) is 0. The molecule has 0 atom stereocenters. The molecule has 0 aliphatic carbocycles. The normalized spacial score (nSPS) is 10.6. The Hall–Kier alpha value is -1.03. The Bertz CT molecular complexity index is 587. The van der Waals surface area contributed by atoms with Crippen molar-refractivity contribution in [1.29, 1.82) is 0 Å². The van der Waals surface area contributed by atoms with Crippen LogP contribution in [0.3, 0.4) is 0 Å². The molecule has 0 radical (unpaired) electrons. The number of nitrogens with zero attached hydrogens (tertiary/aromatic N) is 2. The smallest absolute Gasteiger partial charge is 0.153 e. The summed E-state index contributed by atoms with van der Waals surface area (Å²) in [5.74, 6) is 0.193. The third-order valence-electron chi connectivity index (χ3n) is 2.58. The van der Waals surface area contributed by atoms with Crippen LogP contribution in [-0.4, -0.2) is 11.5 Å². The molecular formula is C13H10Cl3FN2. The second kappa shape index (κ2) is 5.95. The van der Waals surface area contributed by atoms with E-state index in [9.17, 15) is 4.39 Å². The molecule has 1 aromatic heterocycles. The van der Waals surface area contributed by atoms with Gasteiger partial charge in [-0.25, -0.2) is 9.37 Å². The fraction of sp³-hybridized carbons (Fsp3) is 0.154. The molecular weight excluding hydrogens is 310 g/mol. The predicted molar refractivity (Wildman–Crippen MR) is 78.3 cm³/mol. The van der Waals surface area contributed by atoms with Crippen LogP contribution in [0.1, 0.15) is 6.92 Å². The molecule has 0 amide bonds. The fourth-order valence-electron chi connectivity index (χ4n) is 1.70. The predicted octanol–water partition coefficient (Wildman–Crippen LogP) is 5.34. The second-order valence-electron chi connectivity index (χ2n) is 3.79.